The summed E-state index contributed by atoms with van der Waals surface area (Å²) < 4.78 is 7.01. The zero-order valence-corrected chi connectivity index (χ0v) is 16.9. The number of anilines is 2. The molecule has 0 bridgehead atoms. The van der Waals surface area contributed by atoms with Gasteiger partial charge in [-0.15, -0.1) is 0 Å². The highest BCUT2D eigenvalue weighted by Gasteiger charge is 2.27. The SMILES string of the molecule is CC(C)(C)c1nn(-c2ccccc2)c(N)c1NC(=O)NCCN1CCOCC1. The summed E-state index contributed by atoms with van der Waals surface area (Å²) in [5, 5.41) is 10.5. The number of hydrogen-bond donors (Lipinski definition) is 3. The normalized spacial score (nSPS) is 15.4. The highest BCUT2D eigenvalue weighted by atomic mass is 16.5. The van der Waals surface area contributed by atoms with E-state index in [4.69, 9.17) is 10.5 Å². The lowest BCUT2D eigenvalue weighted by atomic mass is 9.91. The first-order chi connectivity index (χ1) is 13.4. The molecule has 1 aliphatic rings. The van der Waals surface area contributed by atoms with Crippen LogP contribution in [0.3, 0.4) is 0 Å². The van der Waals surface area contributed by atoms with Crippen LogP contribution in [0.15, 0.2) is 30.3 Å². The van der Waals surface area contributed by atoms with Gasteiger partial charge in [-0.05, 0) is 12.1 Å². The van der Waals surface area contributed by atoms with E-state index in [-0.39, 0.29) is 11.4 Å². The van der Waals surface area contributed by atoms with Gasteiger partial charge in [0.15, 0.2) is 5.82 Å². The van der Waals surface area contributed by atoms with Gasteiger partial charge in [-0.1, -0.05) is 39.0 Å². The second-order valence-corrected chi connectivity index (χ2v) is 7.94. The number of hydrogen-bond acceptors (Lipinski definition) is 5. The average Bonchev–Trinajstić information content (AvgIpc) is 3.00. The minimum atomic E-state index is -0.280. The van der Waals surface area contributed by atoms with Gasteiger partial charge in [-0.3, -0.25) is 4.90 Å². The van der Waals surface area contributed by atoms with Crippen LogP contribution in [0.4, 0.5) is 16.3 Å². The molecule has 0 radical (unpaired) electrons. The predicted octanol–water partition coefficient (Wildman–Crippen LogP) is 2.21. The summed E-state index contributed by atoms with van der Waals surface area (Å²) >= 11 is 0. The van der Waals surface area contributed by atoms with Crippen LogP contribution in [0.1, 0.15) is 26.5 Å². The largest absolute Gasteiger partial charge is 0.382 e. The molecule has 1 aliphatic heterocycles. The summed E-state index contributed by atoms with van der Waals surface area (Å²) in [6.45, 7) is 10.8. The van der Waals surface area contributed by atoms with Crippen LogP contribution in [0.25, 0.3) is 5.69 Å². The van der Waals surface area contributed by atoms with Crippen LogP contribution in [0, 0.1) is 0 Å². The number of nitrogens with one attached hydrogen (secondary N) is 2. The molecule has 0 saturated carbocycles. The highest BCUT2D eigenvalue weighted by molar-refractivity contribution is 5.93. The Labute approximate surface area is 166 Å². The summed E-state index contributed by atoms with van der Waals surface area (Å²) in [5.41, 5.74) is 8.25. The Hall–Kier alpha value is -2.58. The van der Waals surface area contributed by atoms with Gasteiger partial charge in [0.25, 0.3) is 0 Å². The molecule has 2 amide bonds. The second kappa shape index (κ2) is 8.62. The molecule has 0 atom stereocenters. The summed E-state index contributed by atoms with van der Waals surface area (Å²) in [6.07, 6.45) is 0. The van der Waals surface area contributed by atoms with E-state index in [9.17, 15) is 4.79 Å². The molecule has 0 spiro atoms. The number of nitrogens with zero attached hydrogens (tertiary/aromatic N) is 3. The van der Waals surface area contributed by atoms with E-state index in [0.717, 1.165) is 44.2 Å². The van der Waals surface area contributed by atoms with E-state index in [0.29, 0.717) is 18.1 Å². The molecule has 3 rings (SSSR count). The molecule has 0 unspecified atom stereocenters. The summed E-state index contributed by atoms with van der Waals surface area (Å²) in [5.74, 6) is 0.416. The number of rotatable bonds is 5. The van der Waals surface area contributed by atoms with Crippen molar-refractivity contribution >= 4 is 17.5 Å². The van der Waals surface area contributed by atoms with Gasteiger partial charge in [-0.25, -0.2) is 9.48 Å². The topological polar surface area (TPSA) is 97.4 Å². The Morgan fingerprint density at radius 2 is 1.89 bits per heavy atom. The van der Waals surface area contributed by atoms with Gasteiger partial charge >= 0.3 is 6.03 Å². The monoisotopic (exact) mass is 386 g/mol. The van der Waals surface area contributed by atoms with Gasteiger partial charge in [0.2, 0.25) is 0 Å². The molecule has 2 aromatic rings. The third kappa shape index (κ3) is 4.82. The van der Waals surface area contributed by atoms with Crippen LogP contribution in [-0.4, -0.2) is 60.1 Å². The number of aromatic nitrogens is 2. The molecule has 152 valence electrons. The number of para-hydroxylation sites is 1. The minimum Gasteiger partial charge on any atom is -0.382 e. The Morgan fingerprint density at radius 1 is 1.21 bits per heavy atom. The predicted molar refractivity (Wildman–Crippen MR) is 111 cm³/mol. The lowest BCUT2D eigenvalue weighted by molar-refractivity contribution is 0.0388. The molecule has 1 aromatic carbocycles. The molecular formula is C20H30N6O2. The lowest BCUT2D eigenvalue weighted by Crippen LogP contribution is -2.42. The van der Waals surface area contributed by atoms with Gasteiger partial charge in [-0.2, -0.15) is 5.10 Å². The number of urea groups is 1. The van der Waals surface area contributed by atoms with Crippen molar-refractivity contribution in [1.82, 2.24) is 20.0 Å². The lowest BCUT2D eigenvalue weighted by Gasteiger charge is -2.26. The van der Waals surface area contributed by atoms with Crippen LogP contribution in [0.5, 0.6) is 0 Å². The fourth-order valence-corrected chi connectivity index (χ4v) is 3.16. The van der Waals surface area contributed by atoms with E-state index in [1.807, 2.05) is 51.1 Å². The third-order valence-corrected chi connectivity index (χ3v) is 4.69. The second-order valence-electron chi connectivity index (χ2n) is 7.94. The molecular weight excluding hydrogens is 356 g/mol. The molecule has 4 N–H and O–H groups in total. The number of carbonyl (C=O) groups excluding carboxylic acids is 1. The fourth-order valence-electron chi connectivity index (χ4n) is 3.16. The van der Waals surface area contributed by atoms with Crippen LogP contribution < -0.4 is 16.4 Å². The van der Waals surface area contributed by atoms with Crippen molar-refractivity contribution in [3.63, 3.8) is 0 Å². The number of nitrogens with two attached hydrogens (primary N) is 1. The van der Waals surface area contributed by atoms with E-state index < -0.39 is 0 Å². The van der Waals surface area contributed by atoms with Gasteiger partial charge in [0.05, 0.1) is 24.6 Å². The van der Waals surface area contributed by atoms with Crippen molar-refractivity contribution in [1.29, 1.82) is 0 Å². The molecule has 28 heavy (non-hydrogen) atoms. The summed E-state index contributed by atoms with van der Waals surface area (Å²) in [7, 11) is 0. The molecule has 1 saturated heterocycles. The first-order valence-corrected chi connectivity index (χ1v) is 9.65. The van der Waals surface area contributed by atoms with Crippen molar-refractivity contribution in [2.45, 2.75) is 26.2 Å². The highest BCUT2D eigenvalue weighted by Crippen LogP contribution is 2.34. The Bertz CT molecular complexity index is 791. The first-order valence-electron chi connectivity index (χ1n) is 9.65. The van der Waals surface area contributed by atoms with Crippen molar-refractivity contribution < 1.29 is 9.53 Å². The maximum atomic E-state index is 12.5. The summed E-state index contributed by atoms with van der Waals surface area (Å²) in [6, 6.07) is 9.38. The summed E-state index contributed by atoms with van der Waals surface area (Å²) in [4.78, 5) is 14.7. The van der Waals surface area contributed by atoms with Crippen molar-refractivity contribution in [2.24, 2.45) is 0 Å². The van der Waals surface area contributed by atoms with Gasteiger partial charge < -0.3 is 21.1 Å². The Morgan fingerprint density at radius 3 is 2.54 bits per heavy atom. The molecule has 2 heterocycles. The maximum absolute atomic E-state index is 12.5. The molecule has 8 heteroatoms. The molecule has 0 aliphatic carbocycles. The van der Waals surface area contributed by atoms with Crippen molar-refractivity contribution in [3.05, 3.63) is 36.0 Å². The Kier molecular flexibility index (Phi) is 6.21. The number of ether oxygens (including phenoxy) is 1. The molecule has 1 fully saturated rings. The number of carbonyl (C=O) groups is 1. The zero-order valence-electron chi connectivity index (χ0n) is 16.9. The van der Waals surface area contributed by atoms with Crippen LogP contribution in [0.2, 0.25) is 0 Å². The maximum Gasteiger partial charge on any atom is 0.319 e. The van der Waals surface area contributed by atoms with E-state index in [2.05, 4.69) is 20.6 Å². The quantitative estimate of drug-likeness (QED) is 0.732. The Balaban J connectivity index is 1.71. The molecule has 8 nitrogen and oxygen atoms in total. The van der Waals surface area contributed by atoms with Crippen molar-refractivity contribution in [2.75, 3.05) is 50.4 Å². The van der Waals surface area contributed by atoms with Crippen LogP contribution in [-0.2, 0) is 10.2 Å². The fraction of sp³-hybridized carbons (Fsp3) is 0.500. The van der Waals surface area contributed by atoms with E-state index >= 15 is 0 Å². The number of amides is 2. The van der Waals surface area contributed by atoms with E-state index in [1.54, 1.807) is 4.68 Å². The van der Waals surface area contributed by atoms with Gasteiger partial charge in [0, 0.05) is 31.6 Å². The number of benzene rings is 1. The van der Waals surface area contributed by atoms with Crippen molar-refractivity contribution in [3.8, 4) is 5.69 Å². The first kappa shape index (κ1) is 20.2. The third-order valence-electron chi connectivity index (χ3n) is 4.69. The zero-order chi connectivity index (χ0) is 20.1. The average molecular weight is 387 g/mol. The van der Waals surface area contributed by atoms with E-state index in [1.165, 1.54) is 0 Å². The minimum absolute atomic E-state index is 0.273. The number of morpholine rings is 1. The standard InChI is InChI=1S/C20H30N6O2/c1-20(2,3)17-16(18(21)26(24-17)15-7-5-4-6-8-15)23-19(27)22-9-10-25-11-13-28-14-12-25/h4-8H,9-14,21H2,1-3H3,(H2,22,23,27). The van der Waals surface area contributed by atoms with Gasteiger partial charge in [0.1, 0.15) is 5.69 Å². The van der Waals surface area contributed by atoms with Crippen LogP contribution >= 0.6 is 0 Å². The smallest absolute Gasteiger partial charge is 0.319 e. The number of nitrogen functional groups attached to an aromatic ring is 1. The molecule has 1 aromatic heterocycles.